The molecule has 0 nitrogen and oxygen atoms in total. The summed E-state index contributed by atoms with van der Waals surface area (Å²) >= 11 is 7.14. The number of hydrogen-bond acceptors (Lipinski definition) is 0. The Hall–Kier alpha value is 0.803. The van der Waals surface area contributed by atoms with Crippen LogP contribution >= 0.6 is 31.9 Å². The van der Waals surface area contributed by atoms with E-state index in [4.69, 9.17) is 0 Å². The van der Waals surface area contributed by atoms with Gasteiger partial charge in [-0.2, -0.15) is 0 Å². The maximum atomic E-state index is 3.58. The van der Waals surface area contributed by atoms with Crippen molar-refractivity contribution in [1.29, 1.82) is 0 Å². The van der Waals surface area contributed by atoms with Crippen molar-refractivity contribution in [2.24, 2.45) is 0 Å². The smallest absolute Gasteiger partial charge is 0.0586 e. The van der Waals surface area contributed by atoms with Gasteiger partial charge in [0, 0.05) is 8.95 Å². The first kappa shape index (κ1) is 13.8. The van der Waals surface area contributed by atoms with Crippen LogP contribution in [-0.4, -0.2) is 0 Å². The van der Waals surface area contributed by atoms with E-state index < -0.39 is 0 Å². The van der Waals surface area contributed by atoms with Crippen LogP contribution in [0.4, 0.5) is 0 Å². The molecule has 0 saturated carbocycles. The molecular weight excluding hydrogens is 381 g/mol. The molecule has 1 aromatic carbocycles. The second kappa shape index (κ2) is 5.63. The molecule has 0 spiro atoms. The summed E-state index contributed by atoms with van der Waals surface area (Å²) in [6.45, 7) is 6.49. The molecule has 72 valence electrons. The Morgan fingerprint density at radius 3 is 2.08 bits per heavy atom. The molecular formula is C10H12Br2Ru+2. The van der Waals surface area contributed by atoms with Crippen molar-refractivity contribution in [2.75, 3.05) is 0 Å². The molecule has 0 amide bonds. The number of hydrogen-bond donors (Lipinski definition) is 0. The second-order valence-electron chi connectivity index (χ2n) is 3.25. The molecule has 0 aromatic heterocycles. The van der Waals surface area contributed by atoms with Crippen molar-refractivity contribution in [3.05, 3.63) is 32.2 Å². The van der Waals surface area contributed by atoms with E-state index in [1.165, 1.54) is 20.1 Å². The van der Waals surface area contributed by atoms with E-state index in [2.05, 4.69) is 64.8 Å². The Balaban J connectivity index is 0.00000144. The molecule has 0 heterocycles. The summed E-state index contributed by atoms with van der Waals surface area (Å²) in [6.07, 6.45) is 0. The summed E-state index contributed by atoms with van der Waals surface area (Å²) in [6, 6.07) is 4.32. The monoisotopic (exact) mass is 392 g/mol. The van der Waals surface area contributed by atoms with E-state index in [1.54, 1.807) is 0 Å². The van der Waals surface area contributed by atoms with E-state index in [1.807, 2.05) is 0 Å². The average molecular weight is 393 g/mol. The maximum Gasteiger partial charge on any atom is 2.00 e. The molecule has 13 heavy (non-hydrogen) atoms. The largest absolute Gasteiger partial charge is 2.00 e. The number of rotatable bonds is 1. The third-order valence-electron chi connectivity index (χ3n) is 1.93. The fourth-order valence-corrected chi connectivity index (χ4v) is 2.37. The Labute approximate surface area is 110 Å². The molecule has 0 aliphatic carbocycles. The molecule has 0 aliphatic heterocycles. The fourth-order valence-electron chi connectivity index (χ4n) is 1.11. The van der Waals surface area contributed by atoms with Crippen molar-refractivity contribution >= 4 is 31.9 Å². The van der Waals surface area contributed by atoms with Crippen molar-refractivity contribution in [3.63, 3.8) is 0 Å². The zero-order valence-corrected chi connectivity index (χ0v) is 12.8. The third kappa shape index (κ3) is 3.14. The maximum absolute atomic E-state index is 3.58. The number of aryl methyl sites for hydroxylation is 1. The van der Waals surface area contributed by atoms with E-state index in [0.29, 0.717) is 5.92 Å². The quantitative estimate of drug-likeness (QED) is 0.610. The number of halogens is 2. The Kier molecular flexibility index (Phi) is 5.98. The summed E-state index contributed by atoms with van der Waals surface area (Å²) in [4.78, 5) is 0. The van der Waals surface area contributed by atoms with Gasteiger partial charge in [-0.25, -0.2) is 0 Å². The van der Waals surface area contributed by atoms with Crippen LogP contribution in [0.15, 0.2) is 21.1 Å². The predicted molar refractivity (Wildman–Crippen MR) is 60.7 cm³/mol. The molecule has 0 radical (unpaired) electrons. The molecule has 0 bridgehead atoms. The van der Waals surface area contributed by atoms with E-state index in [9.17, 15) is 0 Å². The summed E-state index contributed by atoms with van der Waals surface area (Å²) in [7, 11) is 0. The first-order valence-electron chi connectivity index (χ1n) is 3.98. The van der Waals surface area contributed by atoms with Crippen molar-refractivity contribution < 1.29 is 19.5 Å². The van der Waals surface area contributed by atoms with Crippen LogP contribution in [0, 0.1) is 6.92 Å². The van der Waals surface area contributed by atoms with Gasteiger partial charge >= 0.3 is 19.5 Å². The van der Waals surface area contributed by atoms with Crippen LogP contribution in [0.25, 0.3) is 0 Å². The molecule has 0 N–H and O–H groups in total. The minimum absolute atomic E-state index is 0. The van der Waals surface area contributed by atoms with Crippen LogP contribution in [0.2, 0.25) is 0 Å². The van der Waals surface area contributed by atoms with Crippen molar-refractivity contribution in [2.45, 2.75) is 26.7 Å². The molecule has 0 unspecified atom stereocenters. The Morgan fingerprint density at radius 2 is 1.62 bits per heavy atom. The van der Waals surface area contributed by atoms with Crippen LogP contribution < -0.4 is 0 Å². The Bertz CT molecular complexity index is 295. The van der Waals surface area contributed by atoms with Gasteiger partial charge in [0.25, 0.3) is 0 Å². The van der Waals surface area contributed by atoms with Gasteiger partial charge in [-0.15, -0.1) is 0 Å². The zero-order chi connectivity index (χ0) is 9.30. The van der Waals surface area contributed by atoms with Gasteiger partial charge < -0.3 is 0 Å². The molecule has 0 saturated heterocycles. The summed E-state index contributed by atoms with van der Waals surface area (Å²) < 4.78 is 2.37. The minimum Gasteiger partial charge on any atom is -0.0586 e. The molecule has 0 aliphatic rings. The van der Waals surface area contributed by atoms with Crippen LogP contribution in [0.1, 0.15) is 30.9 Å². The fraction of sp³-hybridized carbons (Fsp3) is 0.400. The summed E-state index contributed by atoms with van der Waals surface area (Å²) in [5.74, 6) is 0.566. The van der Waals surface area contributed by atoms with Crippen molar-refractivity contribution in [3.8, 4) is 0 Å². The van der Waals surface area contributed by atoms with Crippen LogP contribution in [0.5, 0.6) is 0 Å². The number of benzene rings is 1. The molecule has 0 atom stereocenters. The van der Waals surface area contributed by atoms with Gasteiger partial charge in [0.2, 0.25) is 0 Å². The van der Waals surface area contributed by atoms with Gasteiger partial charge in [0.15, 0.2) is 0 Å². The standard InChI is InChI=1S/C10H12Br2.Ru/c1-6(2)8-5-4-7(3)9(11)10(8)12;/h4-6H,1-3H3;/q;+2. The van der Waals surface area contributed by atoms with Gasteiger partial charge in [0.05, 0.1) is 0 Å². The molecule has 1 rings (SSSR count). The molecule has 0 fully saturated rings. The van der Waals surface area contributed by atoms with E-state index >= 15 is 0 Å². The first-order valence-corrected chi connectivity index (χ1v) is 5.57. The zero-order valence-electron chi connectivity index (χ0n) is 7.84. The summed E-state index contributed by atoms with van der Waals surface area (Å²) in [5.41, 5.74) is 2.62. The topological polar surface area (TPSA) is 0 Å². The Morgan fingerprint density at radius 1 is 1.08 bits per heavy atom. The molecule has 1 aromatic rings. The molecule has 3 heteroatoms. The van der Waals surface area contributed by atoms with E-state index in [0.717, 1.165) is 0 Å². The predicted octanol–water partition coefficient (Wildman–Crippen LogP) is 4.64. The third-order valence-corrected chi connectivity index (χ3v) is 4.34. The van der Waals surface area contributed by atoms with Crippen LogP contribution in [0.3, 0.4) is 0 Å². The SMILES string of the molecule is Cc1ccc(C(C)C)c(Br)c1Br.[Ru+2]. The summed E-state index contributed by atoms with van der Waals surface area (Å²) in [5, 5.41) is 0. The van der Waals surface area contributed by atoms with Crippen molar-refractivity contribution in [1.82, 2.24) is 0 Å². The van der Waals surface area contributed by atoms with Gasteiger partial charge in [0.1, 0.15) is 0 Å². The van der Waals surface area contributed by atoms with Gasteiger partial charge in [-0.05, 0) is 55.8 Å². The first-order chi connectivity index (χ1) is 5.54. The second-order valence-corrected chi connectivity index (χ2v) is 4.84. The van der Waals surface area contributed by atoms with Crippen LogP contribution in [-0.2, 0) is 19.5 Å². The minimum atomic E-state index is 0. The van der Waals surface area contributed by atoms with Gasteiger partial charge in [-0.1, -0.05) is 26.0 Å². The van der Waals surface area contributed by atoms with E-state index in [-0.39, 0.29) is 19.5 Å². The normalized spacial score (nSPS) is 10.0. The van der Waals surface area contributed by atoms with Gasteiger partial charge in [-0.3, -0.25) is 0 Å². The average Bonchev–Trinajstić information content (AvgIpc) is 2.00.